The number of hydrogen-bond donors (Lipinski definition) is 0. The summed E-state index contributed by atoms with van der Waals surface area (Å²) in [5.41, 5.74) is 0.422. The molecule has 0 amide bonds. The Labute approximate surface area is 171 Å². The third kappa shape index (κ3) is 5.17. The van der Waals surface area contributed by atoms with Crippen LogP contribution in [0.5, 0.6) is 5.75 Å². The zero-order valence-corrected chi connectivity index (χ0v) is 16.4. The molecule has 0 unspecified atom stereocenters. The molecule has 0 bridgehead atoms. The molecule has 0 spiro atoms. The molecule has 0 fully saturated rings. The highest BCUT2D eigenvalue weighted by molar-refractivity contribution is 5.86. The smallest absolute Gasteiger partial charge is 0.426 e. The van der Waals surface area contributed by atoms with Crippen molar-refractivity contribution in [3.8, 4) is 5.75 Å². The first kappa shape index (κ1) is 21.8. The molecule has 30 heavy (non-hydrogen) atoms. The van der Waals surface area contributed by atoms with Crippen molar-refractivity contribution in [3.05, 3.63) is 83.2 Å². The van der Waals surface area contributed by atoms with Gasteiger partial charge < -0.3 is 4.74 Å². The minimum atomic E-state index is -3.58. The van der Waals surface area contributed by atoms with Crippen LogP contribution in [0.2, 0.25) is 0 Å². The molecule has 3 aromatic rings. The molecule has 0 heterocycles. The zero-order chi connectivity index (χ0) is 21.7. The van der Waals surface area contributed by atoms with Gasteiger partial charge in [0.2, 0.25) is 0 Å². The molecule has 0 aliphatic carbocycles. The van der Waals surface area contributed by atoms with Crippen molar-refractivity contribution < 1.29 is 26.7 Å². The Morgan fingerprint density at radius 3 is 2.37 bits per heavy atom. The molecule has 3 rings (SSSR count). The molecule has 158 valence electrons. The monoisotopic (exact) mass is 420 g/mol. The van der Waals surface area contributed by atoms with E-state index in [0.29, 0.717) is 6.08 Å². The number of benzene rings is 3. The molecule has 3 aromatic carbocycles. The average molecular weight is 420 g/mol. The van der Waals surface area contributed by atoms with Gasteiger partial charge in [-0.15, -0.1) is 0 Å². The highest BCUT2D eigenvalue weighted by Crippen LogP contribution is 2.34. The lowest BCUT2D eigenvalue weighted by Gasteiger charge is -2.19. The second-order valence-electron chi connectivity index (χ2n) is 7.06. The Morgan fingerprint density at radius 2 is 1.70 bits per heavy atom. The molecular weight excluding hydrogens is 399 g/mol. The van der Waals surface area contributed by atoms with E-state index in [9.17, 15) is 22.0 Å². The number of aryl methyl sites for hydroxylation is 1. The maximum Gasteiger partial charge on any atom is 0.426 e. The van der Waals surface area contributed by atoms with Gasteiger partial charge in [0.15, 0.2) is 0 Å². The fourth-order valence-corrected chi connectivity index (χ4v) is 3.23. The molecule has 0 radical (unpaired) electrons. The molecule has 0 saturated heterocycles. The van der Waals surface area contributed by atoms with Crippen LogP contribution in [0.4, 0.5) is 22.0 Å². The Balaban J connectivity index is 1.79. The lowest BCUT2D eigenvalue weighted by atomic mass is 10.0. The Hall–Kier alpha value is -2.89. The van der Waals surface area contributed by atoms with Crippen LogP contribution in [0.3, 0.4) is 0 Å². The number of ether oxygens (including phenoxy) is 1. The SMILES string of the molecule is CCCCCc1ccc(C(F)(F)Oc2ccc3c(F)c(C=C(F)F)ccc3c2)cc1. The molecule has 1 nitrogen and oxygen atoms in total. The van der Waals surface area contributed by atoms with Gasteiger partial charge >= 0.3 is 6.11 Å². The number of hydrogen-bond acceptors (Lipinski definition) is 1. The summed E-state index contributed by atoms with van der Waals surface area (Å²) in [4.78, 5) is 0. The van der Waals surface area contributed by atoms with E-state index in [1.165, 1.54) is 36.4 Å². The van der Waals surface area contributed by atoms with E-state index in [2.05, 4.69) is 6.92 Å². The van der Waals surface area contributed by atoms with Gasteiger partial charge in [0.05, 0.1) is 5.56 Å². The van der Waals surface area contributed by atoms with Gasteiger partial charge in [0.25, 0.3) is 6.08 Å². The van der Waals surface area contributed by atoms with Crippen LogP contribution < -0.4 is 4.74 Å². The quantitative estimate of drug-likeness (QED) is 0.264. The minimum Gasteiger partial charge on any atom is -0.429 e. The first-order chi connectivity index (χ1) is 14.3. The van der Waals surface area contributed by atoms with E-state index in [-0.39, 0.29) is 27.6 Å². The van der Waals surface area contributed by atoms with Crippen molar-refractivity contribution in [2.45, 2.75) is 38.7 Å². The van der Waals surface area contributed by atoms with E-state index in [1.807, 2.05) is 0 Å². The second-order valence-corrected chi connectivity index (χ2v) is 7.06. The summed E-state index contributed by atoms with van der Waals surface area (Å²) in [7, 11) is 0. The Kier molecular flexibility index (Phi) is 6.75. The summed E-state index contributed by atoms with van der Waals surface area (Å²) in [5.74, 6) is -1.00. The van der Waals surface area contributed by atoms with Crippen molar-refractivity contribution in [3.63, 3.8) is 0 Å². The van der Waals surface area contributed by atoms with Gasteiger partial charge in [-0.1, -0.05) is 44.0 Å². The number of fused-ring (bicyclic) bond motifs is 1. The molecule has 6 heteroatoms. The third-order valence-electron chi connectivity index (χ3n) is 4.83. The normalized spacial score (nSPS) is 11.5. The summed E-state index contributed by atoms with van der Waals surface area (Å²) in [5, 5.41) is 0.306. The molecule has 0 aliphatic heterocycles. The number of rotatable bonds is 8. The predicted molar refractivity (Wildman–Crippen MR) is 108 cm³/mol. The summed E-state index contributed by atoms with van der Waals surface area (Å²) in [6, 6.07) is 12.2. The summed E-state index contributed by atoms with van der Waals surface area (Å²) in [6.45, 7) is 2.10. The number of alkyl halides is 2. The number of unbranched alkanes of at least 4 members (excludes halogenated alkanes) is 2. The summed E-state index contributed by atoms with van der Waals surface area (Å²) in [6.07, 6.45) is -1.17. The van der Waals surface area contributed by atoms with Gasteiger partial charge in [-0.05, 0) is 54.1 Å². The maximum atomic E-state index is 14.6. The van der Waals surface area contributed by atoms with Crippen molar-refractivity contribution in [2.24, 2.45) is 0 Å². The molecule has 0 saturated carbocycles. The molecular formula is C24H21F5O. The standard InChI is InChI=1S/C24H21F5O/c1-2-3-4-5-16-6-10-19(11-7-16)24(28,29)30-20-12-13-21-17(14-20)8-9-18(23(21)27)15-22(25)26/h6-15H,2-5H2,1H3. The maximum absolute atomic E-state index is 14.6. The second kappa shape index (κ2) is 9.28. The van der Waals surface area contributed by atoms with Crippen molar-refractivity contribution >= 4 is 16.8 Å². The topological polar surface area (TPSA) is 9.23 Å². The van der Waals surface area contributed by atoms with E-state index in [1.54, 1.807) is 12.1 Å². The van der Waals surface area contributed by atoms with Crippen molar-refractivity contribution in [1.29, 1.82) is 0 Å². The number of halogens is 5. The first-order valence-electron chi connectivity index (χ1n) is 9.71. The van der Waals surface area contributed by atoms with Gasteiger partial charge in [-0.25, -0.2) is 4.39 Å². The van der Waals surface area contributed by atoms with Crippen LogP contribution in [0.1, 0.15) is 42.9 Å². The van der Waals surface area contributed by atoms with Gasteiger partial charge in [-0.2, -0.15) is 17.6 Å². The van der Waals surface area contributed by atoms with Crippen LogP contribution in [-0.4, -0.2) is 0 Å². The van der Waals surface area contributed by atoms with Crippen LogP contribution in [0, 0.1) is 5.82 Å². The fourth-order valence-electron chi connectivity index (χ4n) is 3.23. The minimum absolute atomic E-state index is 0.0390. The van der Waals surface area contributed by atoms with E-state index in [4.69, 9.17) is 4.74 Å². The summed E-state index contributed by atoms with van der Waals surface area (Å²) >= 11 is 0. The Morgan fingerprint density at radius 1 is 0.967 bits per heavy atom. The van der Waals surface area contributed by atoms with Crippen molar-refractivity contribution in [2.75, 3.05) is 0 Å². The largest absolute Gasteiger partial charge is 0.429 e. The van der Waals surface area contributed by atoms with Crippen LogP contribution in [0.25, 0.3) is 16.8 Å². The van der Waals surface area contributed by atoms with E-state index in [0.717, 1.165) is 37.3 Å². The predicted octanol–water partition coefficient (Wildman–Crippen LogP) is 8.08. The average Bonchev–Trinajstić information content (AvgIpc) is 2.70. The van der Waals surface area contributed by atoms with Gasteiger partial charge in [0.1, 0.15) is 11.6 Å². The summed E-state index contributed by atoms with van der Waals surface area (Å²) < 4.78 is 73.2. The molecule has 0 atom stereocenters. The van der Waals surface area contributed by atoms with Crippen LogP contribution in [0.15, 0.2) is 60.7 Å². The highest BCUT2D eigenvalue weighted by Gasteiger charge is 2.34. The first-order valence-corrected chi connectivity index (χ1v) is 9.71. The molecule has 0 aromatic heterocycles. The fraction of sp³-hybridized carbons (Fsp3) is 0.250. The highest BCUT2D eigenvalue weighted by atomic mass is 19.3. The van der Waals surface area contributed by atoms with E-state index < -0.39 is 18.0 Å². The molecule has 0 N–H and O–H groups in total. The van der Waals surface area contributed by atoms with Crippen LogP contribution >= 0.6 is 0 Å². The van der Waals surface area contributed by atoms with Crippen molar-refractivity contribution in [1.82, 2.24) is 0 Å². The lowest BCUT2D eigenvalue weighted by Crippen LogP contribution is -2.21. The van der Waals surface area contributed by atoms with Crippen LogP contribution in [-0.2, 0) is 12.5 Å². The van der Waals surface area contributed by atoms with Gasteiger partial charge in [0, 0.05) is 17.0 Å². The zero-order valence-electron chi connectivity index (χ0n) is 16.4. The Bertz CT molecular complexity index is 1040. The van der Waals surface area contributed by atoms with Gasteiger partial charge in [-0.3, -0.25) is 0 Å². The third-order valence-corrected chi connectivity index (χ3v) is 4.83. The lowest BCUT2D eigenvalue weighted by molar-refractivity contribution is -0.185. The van der Waals surface area contributed by atoms with E-state index >= 15 is 0 Å². The molecule has 0 aliphatic rings.